The number of rotatable bonds is 17. The first-order valence-corrected chi connectivity index (χ1v) is 29.0. The number of aromatic nitrogens is 1. The summed E-state index contributed by atoms with van der Waals surface area (Å²) in [6.07, 6.45) is 2.87. The van der Waals surface area contributed by atoms with Gasteiger partial charge in [0.2, 0.25) is 0 Å². The van der Waals surface area contributed by atoms with Crippen LogP contribution in [0.1, 0.15) is 38.4 Å². The Hall–Kier alpha value is -5.19. The number of ether oxygens (including phenoxy) is 1. The lowest BCUT2D eigenvalue weighted by atomic mass is 9.99. The van der Waals surface area contributed by atoms with Crippen molar-refractivity contribution >= 4 is 75.2 Å². The third-order valence-electron chi connectivity index (χ3n) is 13.5. The molecule has 0 spiro atoms. The molecular formula is C54H62ClFN7O6PS2. The first-order valence-electron chi connectivity index (χ1n) is 24.6. The topological polar surface area (TPSA) is 126 Å². The number of benzene rings is 5. The number of nitrogens with one attached hydrogen (secondary N) is 1. The predicted octanol–water partition coefficient (Wildman–Crippen LogP) is 11.3. The standard InChI is InChI=1S/C54H62ClFN7O6PS2/c1-38(2)62-39(3)54(72(4,66)67)52(53(62)40-11-13-42(55)14-12-40)41-33-43(56)35-47(34-41)60-26-24-59(25-27-60)45-15-17-46(18-16-45)61-22-8-30-69-70(61)48-19-20-50(51(36-48)63(64)65)57-44(21-23-58-28-31-68-32-29-58)37-71-49-9-6-5-7-10-49/h5-7,9-20,33-36,38,44,57H,8,21-32,37H2,1-4H3/t44-,70+/m1/s1. The first-order chi connectivity index (χ1) is 34.7. The van der Waals surface area contributed by atoms with Gasteiger partial charge in [-0.15, -0.1) is 11.8 Å². The van der Waals surface area contributed by atoms with Gasteiger partial charge in [0, 0.05) is 126 Å². The van der Waals surface area contributed by atoms with Crippen LogP contribution < -0.4 is 25.1 Å². The van der Waals surface area contributed by atoms with Gasteiger partial charge in [-0.25, -0.2) is 12.8 Å². The van der Waals surface area contributed by atoms with Gasteiger partial charge in [-0.3, -0.25) is 15.0 Å². The molecule has 3 aliphatic rings. The van der Waals surface area contributed by atoms with Crippen molar-refractivity contribution in [2.45, 2.75) is 55.5 Å². The Morgan fingerprint density at radius 1 is 0.819 bits per heavy atom. The molecule has 3 saturated heterocycles. The van der Waals surface area contributed by atoms with Gasteiger partial charge in [-0.05, 0) is 124 Å². The largest absolute Gasteiger partial charge is 0.379 e. The average molecular weight is 1050 g/mol. The van der Waals surface area contributed by atoms with E-state index >= 15 is 4.39 Å². The summed E-state index contributed by atoms with van der Waals surface area (Å²) in [5.74, 6) is 0.311. The summed E-state index contributed by atoms with van der Waals surface area (Å²) in [6.45, 7) is 13.8. The number of anilines is 4. The van der Waals surface area contributed by atoms with Crippen LogP contribution in [0.15, 0.2) is 125 Å². The second-order valence-corrected chi connectivity index (χ2v) is 24.1. The smallest absolute Gasteiger partial charge is 0.293 e. The lowest BCUT2D eigenvalue weighted by molar-refractivity contribution is -0.383. The fraction of sp³-hybridized carbons (Fsp3) is 0.370. The molecule has 3 fully saturated rings. The van der Waals surface area contributed by atoms with Crippen LogP contribution in [0, 0.1) is 22.9 Å². The summed E-state index contributed by atoms with van der Waals surface area (Å²) in [7, 11) is -5.09. The van der Waals surface area contributed by atoms with Crippen molar-refractivity contribution in [2.75, 3.05) is 104 Å². The summed E-state index contributed by atoms with van der Waals surface area (Å²) in [6, 6.07) is 36.3. The van der Waals surface area contributed by atoms with E-state index in [1.165, 1.54) is 18.4 Å². The molecule has 5 aromatic carbocycles. The molecule has 0 aliphatic carbocycles. The molecule has 380 valence electrons. The van der Waals surface area contributed by atoms with E-state index < -0.39 is 24.0 Å². The Morgan fingerprint density at radius 2 is 1.50 bits per heavy atom. The average Bonchev–Trinajstić information content (AvgIpc) is 3.71. The van der Waals surface area contributed by atoms with Gasteiger partial charge in [-0.2, -0.15) is 0 Å². The van der Waals surface area contributed by atoms with Gasteiger partial charge < -0.3 is 33.6 Å². The van der Waals surface area contributed by atoms with Crippen molar-refractivity contribution in [3.8, 4) is 22.4 Å². The van der Waals surface area contributed by atoms with E-state index in [9.17, 15) is 18.5 Å². The number of hydrogen-bond acceptors (Lipinski definition) is 12. The highest BCUT2D eigenvalue weighted by atomic mass is 35.5. The molecule has 4 heterocycles. The molecule has 1 N–H and O–H groups in total. The van der Waals surface area contributed by atoms with Crippen LogP contribution >= 0.6 is 31.7 Å². The van der Waals surface area contributed by atoms with Crippen LogP contribution in [0.5, 0.6) is 0 Å². The molecule has 0 unspecified atom stereocenters. The highest BCUT2D eigenvalue weighted by Gasteiger charge is 2.32. The molecule has 0 radical (unpaired) electrons. The number of halogens is 2. The number of hydrogen-bond donors (Lipinski definition) is 1. The molecular weight excluding hydrogens is 992 g/mol. The van der Waals surface area contributed by atoms with Crippen LogP contribution in [0.3, 0.4) is 0 Å². The van der Waals surface area contributed by atoms with Gasteiger partial charge in [0.1, 0.15) is 11.5 Å². The summed E-state index contributed by atoms with van der Waals surface area (Å²) in [4.78, 5) is 20.7. The van der Waals surface area contributed by atoms with Crippen LogP contribution in [0.4, 0.5) is 32.8 Å². The maximum atomic E-state index is 15.8. The molecule has 9 rings (SSSR count). The van der Waals surface area contributed by atoms with Gasteiger partial charge in [-0.1, -0.05) is 41.9 Å². The summed E-state index contributed by atoms with van der Waals surface area (Å²) in [5.41, 5.74) is 6.33. The Balaban J connectivity index is 0.899. The van der Waals surface area contributed by atoms with E-state index in [1.807, 2.05) is 73.9 Å². The maximum absolute atomic E-state index is 15.8. The minimum atomic E-state index is -3.73. The van der Waals surface area contributed by atoms with E-state index in [0.29, 0.717) is 71.7 Å². The van der Waals surface area contributed by atoms with E-state index in [2.05, 4.69) is 61.1 Å². The van der Waals surface area contributed by atoms with Crippen LogP contribution in [-0.4, -0.2) is 113 Å². The van der Waals surface area contributed by atoms with Gasteiger partial charge in [0.25, 0.3) is 5.69 Å². The summed E-state index contributed by atoms with van der Waals surface area (Å²) >= 11 is 8.04. The lowest BCUT2D eigenvalue weighted by Gasteiger charge is -2.38. The lowest BCUT2D eigenvalue weighted by Crippen LogP contribution is -2.46. The number of nitro groups is 1. The van der Waals surface area contributed by atoms with Crippen molar-refractivity contribution in [3.63, 3.8) is 0 Å². The predicted molar refractivity (Wildman–Crippen MR) is 293 cm³/mol. The van der Waals surface area contributed by atoms with Crippen LogP contribution in [-0.2, 0) is 19.1 Å². The van der Waals surface area contributed by atoms with Crippen LogP contribution in [0.2, 0.25) is 5.02 Å². The molecule has 18 heteroatoms. The summed E-state index contributed by atoms with van der Waals surface area (Å²) in [5, 5.41) is 17.7. The molecule has 0 bridgehead atoms. The Morgan fingerprint density at radius 3 is 2.17 bits per heavy atom. The fourth-order valence-corrected chi connectivity index (χ4v) is 14.4. The second-order valence-electron chi connectivity index (χ2n) is 18.8. The Kier molecular flexibility index (Phi) is 16.5. The molecule has 3 aliphatic heterocycles. The number of nitro benzene ring substituents is 1. The zero-order chi connectivity index (χ0) is 50.5. The fourth-order valence-electron chi connectivity index (χ4n) is 10.1. The first kappa shape index (κ1) is 51.7. The van der Waals surface area contributed by atoms with Gasteiger partial charge >= 0.3 is 0 Å². The zero-order valence-corrected chi connectivity index (χ0v) is 44.5. The normalized spacial score (nSPS) is 17.4. The molecule has 72 heavy (non-hydrogen) atoms. The number of morpholine rings is 1. The van der Waals surface area contributed by atoms with Gasteiger partial charge in [0.05, 0.1) is 35.3 Å². The van der Waals surface area contributed by atoms with Crippen molar-refractivity contribution in [3.05, 3.63) is 142 Å². The molecule has 0 amide bonds. The van der Waals surface area contributed by atoms with Crippen molar-refractivity contribution < 1.29 is 27.0 Å². The minimum Gasteiger partial charge on any atom is -0.379 e. The Labute approximate surface area is 433 Å². The number of piperazine rings is 1. The van der Waals surface area contributed by atoms with Crippen molar-refractivity contribution in [1.29, 1.82) is 0 Å². The third-order valence-corrected chi connectivity index (χ3v) is 18.2. The number of sulfone groups is 1. The third kappa shape index (κ3) is 11.9. The quantitative estimate of drug-likeness (QED) is 0.0404. The van der Waals surface area contributed by atoms with E-state index in [4.69, 9.17) is 20.9 Å². The summed E-state index contributed by atoms with van der Waals surface area (Å²) < 4.78 is 59.2. The van der Waals surface area contributed by atoms with Crippen LogP contribution in [0.25, 0.3) is 22.4 Å². The number of nitrogens with zero attached hydrogens (tertiary/aromatic N) is 6. The van der Waals surface area contributed by atoms with Crippen molar-refractivity contribution in [2.24, 2.45) is 0 Å². The highest BCUT2D eigenvalue weighted by molar-refractivity contribution is 7.99. The monoisotopic (exact) mass is 1050 g/mol. The molecule has 2 atom stereocenters. The number of thioether (sulfide) groups is 1. The minimum absolute atomic E-state index is 0.00334. The Bertz CT molecular complexity index is 2960. The molecule has 1 aromatic heterocycles. The van der Waals surface area contributed by atoms with E-state index in [1.54, 1.807) is 30.0 Å². The zero-order valence-electron chi connectivity index (χ0n) is 41.2. The van der Waals surface area contributed by atoms with E-state index in [-0.39, 0.29) is 27.6 Å². The molecule has 6 aromatic rings. The maximum Gasteiger partial charge on any atom is 0.293 e. The van der Waals surface area contributed by atoms with Gasteiger partial charge in [0.15, 0.2) is 18.1 Å². The SMILES string of the molecule is Cc1c(S(C)(=O)=O)c(-c2cc(F)cc(N3CCN(c4ccc(N5CCCO[P@@]5c5ccc(N[C@H](CCN6CCOCC6)CSc6ccccc6)c([N+](=O)[O-])c5)cc4)CC3)c2)c(-c2ccc(Cl)cc2)n1C(C)C. The molecule has 13 nitrogen and oxygen atoms in total. The second kappa shape index (κ2) is 22.9. The molecule has 0 saturated carbocycles. The highest BCUT2D eigenvalue weighted by Crippen LogP contribution is 2.48. The van der Waals surface area contributed by atoms with E-state index in [0.717, 1.165) is 85.1 Å². The van der Waals surface area contributed by atoms with Crippen molar-refractivity contribution in [1.82, 2.24) is 9.47 Å².